The van der Waals surface area contributed by atoms with Crippen LogP contribution in [0.2, 0.25) is 5.02 Å². The maximum atomic E-state index is 13.1. The molecule has 0 aliphatic rings. The third-order valence-electron chi connectivity index (χ3n) is 2.89. The maximum absolute atomic E-state index is 13.1. The Labute approximate surface area is 128 Å². The van der Waals surface area contributed by atoms with Gasteiger partial charge in [0, 0.05) is 5.56 Å². The maximum Gasteiger partial charge on any atom is 0.141 e. The van der Waals surface area contributed by atoms with Crippen molar-refractivity contribution < 1.29 is 14.2 Å². The summed E-state index contributed by atoms with van der Waals surface area (Å²) in [6.45, 7) is 2.06. The number of aryl methyl sites for hydroxylation is 1. The van der Waals surface area contributed by atoms with Crippen molar-refractivity contribution in [3.05, 3.63) is 63.9 Å². The molecule has 1 N–H and O–H groups in total. The van der Waals surface area contributed by atoms with E-state index in [1.807, 2.05) is 19.1 Å². The first-order chi connectivity index (χ1) is 10.1. The lowest BCUT2D eigenvalue weighted by Crippen LogP contribution is -1.97. The number of halogens is 2. The minimum Gasteiger partial charge on any atom is -0.489 e. The fraction of sp³-hybridized carbons (Fsp3) is 0.176. The molecule has 0 radical (unpaired) electrons. The van der Waals surface area contributed by atoms with Crippen molar-refractivity contribution in [2.75, 3.05) is 6.61 Å². The third-order valence-corrected chi connectivity index (χ3v) is 3.18. The number of hydrogen-bond donors (Lipinski definition) is 1. The van der Waals surface area contributed by atoms with Gasteiger partial charge in [0.1, 0.15) is 24.8 Å². The first kappa shape index (κ1) is 15.4. The van der Waals surface area contributed by atoms with Crippen molar-refractivity contribution in [3.63, 3.8) is 0 Å². The van der Waals surface area contributed by atoms with Gasteiger partial charge in [-0.25, -0.2) is 4.39 Å². The van der Waals surface area contributed by atoms with E-state index in [0.717, 1.165) is 16.7 Å². The molecule has 2 rings (SSSR count). The molecule has 2 aromatic rings. The molecule has 21 heavy (non-hydrogen) atoms. The van der Waals surface area contributed by atoms with E-state index in [1.54, 1.807) is 18.2 Å². The molecule has 0 amide bonds. The van der Waals surface area contributed by atoms with Crippen molar-refractivity contribution in [2.24, 2.45) is 0 Å². The van der Waals surface area contributed by atoms with Crippen molar-refractivity contribution in [1.82, 2.24) is 0 Å². The van der Waals surface area contributed by atoms with Crippen LogP contribution in [0, 0.1) is 24.6 Å². The highest BCUT2D eigenvalue weighted by Crippen LogP contribution is 2.20. The molecule has 0 saturated carbocycles. The fourth-order valence-electron chi connectivity index (χ4n) is 1.80. The van der Waals surface area contributed by atoms with E-state index in [4.69, 9.17) is 21.4 Å². The van der Waals surface area contributed by atoms with Gasteiger partial charge in [0.25, 0.3) is 0 Å². The van der Waals surface area contributed by atoms with Crippen LogP contribution in [0.3, 0.4) is 0 Å². The number of benzene rings is 2. The van der Waals surface area contributed by atoms with Gasteiger partial charge in [0.05, 0.1) is 5.02 Å². The van der Waals surface area contributed by atoms with Gasteiger partial charge in [-0.3, -0.25) is 0 Å². The van der Waals surface area contributed by atoms with Gasteiger partial charge in [-0.1, -0.05) is 29.5 Å². The first-order valence-electron chi connectivity index (χ1n) is 6.37. The molecule has 0 heterocycles. The predicted octanol–water partition coefficient (Wildman–Crippen LogP) is 3.71. The molecule has 0 aliphatic heterocycles. The van der Waals surface area contributed by atoms with Crippen LogP contribution in [-0.4, -0.2) is 11.7 Å². The average Bonchev–Trinajstić information content (AvgIpc) is 2.47. The highest BCUT2D eigenvalue weighted by molar-refractivity contribution is 6.30. The van der Waals surface area contributed by atoms with Crippen LogP contribution < -0.4 is 4.74 Å². The van der Waals surface area contributed by atoms with E-state index in [2.05, 4.69) is 11.8 Å². The number of ether oxygens (including phenoxy) is 1. The van der Waals surface area contributed by atoms with Crippen molar-refractivity contribution >= 4 is 11.6 Å². The quantitative estimate of drug-likeness (QED) is 0.876. The zero-order valence-electron chi connectivity index (χ0n) is 11.5. The fourth-order valence-corrected chi connectivity index (χ4v) is 2.00. The highest BCUT2D eigenvalue weighted by atomic mass is 35.5. The average molecular weight is 305 g/mol. The Balaban J connectivity index is 2.06. The molecule has 0 fully saturated rings. The molecule has 0 aromatic heterocycles. The van der Waals surface area contributed by atoms with Gasteiger partial charge in [-0.05, 0) is 48.4 Å². The lowest BCUT2D eigenvalue weighted by molar-refractivity contribution is 0.306. The summed E-state index contributed by atoms with van der Waals surface area (Å²) in [4.78, 5) is 0. The van der Waals surface area contributed by atoms with Gasteiger partial charge < -0.3 is 9.84 Å². The van der Waals surface area contributed by atoms with Gasteiger partial charge in [0.15, 0.2) is 0 Å². The van der Waals surface area contributed by atoms with E-state index in [0.29, 0.717) is 12.4 Å². The number of hydrogen-bond acceptors (Lipinski definition) is 2. The van der Waals surface area contributed by atoms with E-state index in [9.17, 15) is 4.39 Å². The lowest BCUT2D eigenvalue weighted by Gasteiger charge is -2.08. The zero-order valence-corrected chi connectivity index (χ0v) is 12.2. The number of aliphatic hydroxyl groups excluding tert-OH is 1. The van der Waals surface area contributed by atoms with Crippen LogP contribution in [0.4, 0.5) is 4.39 Å². The summed E-state index contributed by atoms with van der Waals surface area (Å²) < 4.78 is 18.7. The van der Waals surface area contributed by atoms with Crippen LogP contribution in [-0.2, 0) is 6.61 Å². The minimum atomic E-state index is -0.442. The molecule has 0 saturated heterocycles. The molecule has 0 spiro atoms. The topological polar surface area (TPSA) is 29.5 Å². The normalized spacial score (nSPS) is 9.90. The summed E-state index contributed by atoms with van der Waals surface area (Å²) in [5.41, 5.74) is 2.61. The van der Waals surface area contributed by atoms with Gasteiger partial charge in [-0.2, -0.15) is 0 Å². The first-order valence-corrected chi connectivity index (χ1v) is 6.75. The van der Waals surface area contributed by atoms with E-state index in [-0.39, 0.29) is 11.6 Å². The molecule has 0 aliphatic carbocycles. The molecular formula is C17H14ClFO2. The molecule has 2 aromatic carbocycles. The Kier molecular flexibility index (Phi) is 5.21. The summed E-state index contributed by atoms with van der Waals surface area (Å²) in [5.74, 6) is 5.73. The molecule has 4 heteroatoms. The SMILES string of the molecule is Cc1cc(OCc2ccc(F)c(Cl)c2)ccc1C#CCO. The summed E-state index contributed by atoms with van der Waals surface area (Å²) in [6.07, 6.45) is 0. The van der Waals surface area contributed by atoms with Crippen LogP contribution in [0.1, 0.15) is 16.7 Å². The predicted molar refractivity (Wildman–Crippen MR) is 80.9 cm³/mol. The summed E-state index contributed by atoms with van der Waals surface area (Å²) in [6, 6.07) is 10.0. The number of rotatable bonds is 3. The second-order valence-electron chi connectivity index (χ2n) is 4.47. The van der Waals surface area contributed by atoms with Crippen molar-refractivity contribution in [1.29, 1.82) is 0 Å². The van der Waals surface area contributed by atoms with E-state index >= 15 is 0 Å². The zero-order chi connectivity index (χ0) is 15.2. The molecule has 0 bridgehead atoms. The largest absolute Gasteiger partial charge is 0.489 e. The van der Waals surface area contributed by atoms with Crippen molar-refractivity contribution in [2.45, 2.75) is 13.5 Å². The number of aliphatic hydroxyl groups is 1. The van der Waals surface area contributed by atoms with Crippen LogP contribution in [0.5, 0.6) is 5.75 Å². The standard InChI is InChI=1S/C17H14ClFO2/c1-12-9-15(6-5-14(12)3-2-8-20)21-11-13-4-7-17(19)16(18)10-13/h4-7,9-10,20H,8,11H2,1H3. The van der Waals surface area contributed by atoms with Gasteiger partial charge in [0.2, 0.25) is 0 Å². The second-order valence-corrected chi connectivity index (χ2v) is 4.88. The Morgan fingerprint density at radius 1 is 1.24 bits per heavy atom. The van der Waals surface area contributed by atoms with Gasteiger partial charge >= 0.3 is 0 Å². The van der Waals surface area contributed by atoms with E-state index in [1.165, 1.54) is 6.07 Å². The van der Waals surface area contributed by atoms with Crippen molar-refractivity contribution in [3.8, 4) is 17.6 Å². The Morgan fingerprint density at radius 3 is 2.71 bits per heavy atom. The van der Waals surface area contributed by atoms with Crippen LogP contribution >= 0.6 is 11.6 Å². The smallest absolute Gasteiger partial charge is 0.141 e. The summed E-state index contributed by atoms with van der Waals surface area (Å²) >= 11 is 5.72. The summed E-state index contributed by atoms with van der Waals surface area (Å²) in [5, 5.41) is 8.77. The Morgan fingerprint density at radius 2 is 2.05 bits per heavy atom. The molecule has 0 atom stereocenters. The second kappa shape index (κ2) is 7.12. The molecule has 0 unspecified atom stereocenters. The van der Waals surface area contributed by atoms with Gasteiger partial charge in [-0.15, -0.1) is 0 Å². The Bertz CT molecular complexity index is 702. The van der Waals surface area contributed by atoms with Crippen LogP contribution in [0.15, 0.2) is 36.4 Å². The monoisotopic (exact) mass is 304 g/mol. The molecule has 2 nitrogen and oxygen atoms in total. The summed E-state index contributed by atoms with van der Waals surface area (Å²) in [7, 11) is 0. The lowest BCUT2D eigenvalue weighted by atomic mass is 10.1. The molecule has 108 valence electrons. The van der Waals surface area contributed by atoms with Crippen LogP contribution in [0.25, 0.3) is 0 Å². The third kappa shape index (κ3) is 4.22. The molecular weight excluding hydrogens is 291 g/mol. The van der Waals surface area contributed by atoms with E-state index < -0.39 is 5.82 Å². The Hall–Kier alpha value is -2.02. The highest BCUT2D eigenvalue weighted by Gasteiger charge is 2.03. The minimum absolute atomic E-state index is 0.0851.